The van der Waals surface area contributed by atoms with E-state index in [-0.39, 0.29) is 19.1 Å². The zero-order valence-corrected chi connectivity index (χ0v) is 20.8. The summed E-state index contributed by atoms with van der Waals surface area (Å²) in [6, 6.07) is 32.0. The quantitative estimate of drug-likeness (QED) is 0.253. The first-order chi connectivity index (χ1) is 18.5. The molecule has 0 saturated heterocycles. The fourth-order valence-electron chi connectivity index (χ4n) is 3.70. The van der Waals surface area contributed by atoms with Gasteiger partial charge in [-0.25, -0.2) is 9.59 Å². The fourth-order valence-corrected chi connectivity index (χ4v) is 3.70. The number of carbonyl (C=O) groups excluding carboxylic acids is 2. The van der Waals surface area contributed by atoms with Gasteiger partial charge in [0.05, 0.1) is 11.6 Å². The van der Waals surface area contributed by atoms with Crippen LogP contribution >= 0.6 is 0 Å². The lowest BCUT2D eigenvalue weighted by Gasteiger charge is -2.24. The smallest absolute Gasteiger partial charge is 0.326 e. The molecule has 4 amide bonds. The molecule has 0 bridgehead atoms. The van der Waals surface area contributed by atoms with Crippen LogP contribution in [0.15, 0.2) is 103 Å². The number of amides is 4. The molecule has 8 nitrogen and oxygen atoms in total. The van der Waals surface area contributed by atoms with Crippen molar-refractivity contribution in [1.29, 1.82) is 5.26 Å². The van der Waals surface area contributed by atoms with E-state index in [2.05, 4.69) is 16.0 Å². The molecule has 0 atom stereocenters. The number of nitriles is 1. The number of aryl methyl sites for hydroxylation is 1. The Kier molecular flexibility index (Phi) is 8.56. The summed E-state index contributed by atoms with van der Waals surface area (Å²) >= 11 is 0. The maximum Gasteiger partial charge on any atom is 0.326 e. The van der Waals surface area contributed by atoms with Gasteiger partial charge in [-0.1, -0.05) is 36.4 Å². The van der Waals surface area contributed by atoms with Crippen molar-refractivity contribution in [3.63, 3.8) is 0 Å². The van der Waals surface area contributed by atoms with Crippen LogP contribution in [0.25, 0.3) is 0 Å². The van der Waals surface area contributed by atoms with Crippen molar-refractivity contribution in [3.05, 3.63) is 114 Å². The molecule has 0 radical (unpaired) electrons. The van der Waals surface area contributed by atoms with E-state index in [1.165, 1.54) is 0 Å². The van der Waals surface area contributed by atoms with Gasteiger partial charge in [0, 0.05) is 30.2 Å². The number of urea groups is 2. The molecule has 3 N–H and O–H groups in total. The lowest BCUT2D eigenvalue weighted by atomic mass is 10.2. The molecule has 190 valence electrons. The summed E-state index contributed by atoms with van der Waals surface area (Å²) in [5.74, 6) is 1.35. The van der Waals surface area contributed by atoms with Gasteiger partial charge in [-0.05, 0) is 79.2 Å². The molecule has 38 heavy (non-hydrogen) atoms. The van der Waals surface area contributed by atoms with Crippen molar-refractivity contribution in [2.45, 2.75) is 6.92 Å². The number of hydrogen-bond donors (Lipinski definition) is 3. The minimum Gasteiger partial charge on any atom is -0.457 e. The normalized spacial score (nSPS) is 10.1. The lowest BCUT2D eigenvalue weighted by molar-refractivity contribution is 0.250. The second kappa shape index (κ2) is 12.6. The fraction of sp³-hybridized carbons (Fsp3) is 0.100. The first-order valence-electron chi connectivity index (χ1n) is 12.0. The van der Waals surface area contributed by atoms with E-state index in [0.717, 1.165) is 5.56 Å². The van der Waals surface area contributed by atoms with Crippen molar-refractivity contribution in [3.8, 4) is 17.6 Å². The Morgan fingerprint density at radius 3 is 2.21 bits per heavy atom. The van der Waals surface area contributed by atoms with Crippen LogP contribution in [0.2, 0.25) is 0 Å². The highest BCUT2D eigenvalue weighted by molar-refractivity contribution is 6.02. The summed E-state index contributed by atoms with van der Waals surface area (Å²) in [5.41, 5.74) is 3.29. The number of carbonyl (C=O) groups is 2. The van der Waals surface area contributed by atoms with E-state index in [1.54, 1.807) is 53.4 Å². The van der Waals surface area contributed by atoms with Gasteiger partial charge in [0.1, 0.15) is 11.5 Å². The third-order valence-electron chi connectivity index (χ3n) is 5.51. The van der Waals surface area contributed by atoms with E-state index >= 15 is 0 Å². The molecule has 8 heteroatoms. The van der Waals surface area contributed by atoms with Crippen LogP contribution in [-0.4, -0.2) is 25.2 Å². The summed E-state index contributed by atoms with van der Waals surface area (Å²) in [6.07, 6.45) is 0. The summed E-state index contributed by atoms with van der Waals surface area (Å²) in [7, 11) is 0. The van der Waals surface area contributed by atoms with Crippen molar-refractivity contribution < 1.29 is 14.3 Å². The number of hydrogen-bond acceptors (Lipinski definition) is 4. The van der Waals surface area contributed by atoms with Crippen molar-refractivity contribution >= 4 is 29.1 Å². The molecule has 4 aromatic rings. The molecule has 0 fully saturated rings. The number of rotatable bonds is 8. The van der Waals surface area contributed by atoms with Crippen LogP contribution in [0.3, 0.4) is 0 Å². The average Bonchev–Trinajstić information content (AvgIpc) is 2.92. The third kappa shape index (κ3) is 7.35. The minimum atomic E-state index is -0.439. The Bertz CT molecular complexity index is 1430. The second-order valence-corrected chi connectivity index (χ2v) is 8.43. The Morgan fingerprint density at radius 1 is 0.816 bits per heavy atom. The molecule has 0 aromatic heterocycles. The summed E-state index contributed by atoms with van der Waals surface area (Å²) in [5, 5.41) is 17.4. The van der Waals surface area contributed by atoms with Gasteiger partial charge in [0.2, 0.25) is 0 Å². The molecule has 0 saturated carbocycles. The molecule has 0 unspecified atom stereocenters. The SMILES string of the molecule is Cc1cccc(NC(=O)N(CCNC(=O)Nc2cccc(C#N)c2)c2ccc(Oc3ccccc3)cc2)c1. The van der Waals surface area contributed by atoms with Gasteiger partial charge >= 0.3 is 12.1 Å². The maximum absolute atomic E-state index is 13.3. The largest absolute Gasteiger partial charge is 0.457 e. The highest BCUT2D eigenvalue weighted by Gasteiger charge is 2.17. The minimum absolute atomic E-state index is 0.188. The van der Waals surface area contributed by atoms with Gasteiger partial charge in [-0.2, -0.15) is 5.26 Å². The van der Waals surface area contributed by atoms with Crippen molar-refractivity contribution in [1.82, 2.24) is 5.32 Å². The topological polar surface area (TPSA) is 106 Å². The van der Waals surface area contributed by atoms with Crippen molar-refractivity contribution in [2.75, 3.05) is 28.6 Å². The zero-order valence-electron chi connectivity index (χ0n) is 20.8. The summed E-state index contributed by atoms with van der Waals surface area (Å²) < 4.78 is 5.86. The number of ether oxygens (including phenoxy) is 1. The third-order valence-corrected chi connectivity index (χ3v) is 5.51. The van der Waals surface area contributed by atoms with Gasteiger partial charge in [0.25, 0.3) is 0 Å². The molecule has 4 rings (SSSR count). The predicted molar refractivity (Wildman–Crippen MR) is 149 cm³/mol. The van der Waals surface area contributed by atoms with E-state index in [9.17, 15) is 9.59 Å². The Balaban J connectivity index is 1.43. The van der Waals surface area contributed by atoms with Crippen molar-refractivity contribution in [2.24, 2.45) is 0 Å². The Hall–Kier alpha value is -5.29. The molecule has 0 aliphatic heterocycles. The van der Waals surface area contributed by atoms with E-state index in [1.807, 2.05) is 67.6 Å². The van der Waals surface area contributed by atoms with Crippen LogP contribution in [0.5, 0.6) is 11.5 Å². The number of para-hydroxylation sites is 1. The van der Waals surface area contributed by atoms with Gasteiger partial charge in [-0.3, -0.25) is 4.90 Å². The Labute approximate surface area is 221 Å². The molecule has 0 spiro atoms. The number of nitrogens with zero attached hydrogens (tertiary/aromatic N) is 2. The van der Waals surface area contributed by atoms with Crippen LogP contribution in [0.1, 0.15) is 11.1 Å². The van der Waals surface area contributed by atoms with E-state index < -0.39 is 6.03 Å². The van der Waals surface area contributed by atoms with E-state index in [4.69, 9.17) is 10.00 Å². The zero-order chi connectivity index (χ0) is 26.7. The number of benzene rings is 4. The first kappa shape index (κ1) is 25.8. The summed E-state index contributed by atoms with van der Waals surface area (Å²) in [6.45, 7) is 2.35. The van der Waals surface area contributed by atoms with Gasteiger partial charge < -0.3 is 20.7 Å². The molecule has 0 aliphatic rings. The van der Waals surface area contributed by atoms with Crippen LogP contribution in [0, 0.1) is 18.3 Å². The molecular formula is C30H27N5O3. The van der Waals surface area contributed by atoms with E-state index in [0.29, 0.717) is 34.1 Å². The summed E-state index contributed by atoms with van der Waals surface area (Å²) in [4.78, 5) is 27.2. The molecule has 0 heterocycles. The monoisotopic (exact) mass is 505 g/mol. The molecular weight excluding hydrogens is 478 g/mol. The average molecular weight is 506 g/mol. The second-order valence-electron chi connectivity index (χ2n) is 8.43. The standard InChI is InChI=1S/C30H27N5O3/c1-22-7-5-9-24(19-22)34-30(37)35(18-17-32-29(36)33-25-10-6-8-23(20-25)21-31)26-13-15-28(16-14-26)38-27-11-3-2-4-12-27/h2-16,19-20H,17-18H2,1H3,(H,34,37)(H2,32,33,36). The predicted octanol–water partition coefficient (Wildman–Crippen LogP) is 6.52. The lowest BCUT2D eigenvalue weighted by Crippen LogP contribution is -2.42. The van der Waals surface area contributed by atoms with Crippen LogP contribution in [-0.2, 0) is 0 Å². The molecule has 0 aliphatic carbocycles. The Morgan fingerprint density at radius 2 is 1.50 bits per heavy atom. The first-order valence-corrected chi connectivity index (χ1v) is 12.0. The van der Waals surface area contributed by atoms with Crippen LogP contribution in [0.4, 0.5) is 26.7 Å². The highest BCUT2D eigenvalue weighted by atomic mass is 16.5. The van der Waals surface area contributed by atoms with Crippen LogP contribution < -0.4 is 25.6 Å². The highest BCUT2D eigenvalue weighted by Crippen LogP contribution is 2.25. The number of anilines is 3. The maximum atomic E-state index is 13.3. The number of nitrogens with one attached hydrogen (secondary N) is 3. The molecule has 4 aromatic carbocycles. The van der Waals surface area contributed by atoms with Gasteiger partial charge in [0.15, 0.2) is 0 Å². The van der Waals surface area contributed by atoms with Gasteiger partial charge in [-0.15, -0.1) is 0 Å².